The second-order valence-electron chi connectivity index (χ2n) is 5.35. The van der Waals surface area contributed by atoms with Crippen molar-refractivity contribution >= 4 is 56.4 Å². The van der Waals surface area contributed by atoms with E-state index in [0.29, 0.717) is 10.1 Å². The first kappa shape index (κ1) is 15.7. The van der Waals surface area contributed by atoms with Gasteiger partial charge in [-0.3, -0.25) is 19.7 Å². The number of anilines is 1. The van der Waals surface area contributed by atoms with Gasteiger partial charge in [0, 0.05) is 10.1 Å². The van der Waals surface area contributed by atoms with Crippen molar-refractivity contribution in [2.75, 3.05) is 5.32 Å². The molecule has 8 heteroatoms. The van der Waals surface area contributed by atoms with E-state index in [1.807, 2.05) is 0 Å². The summed E-state index contributed by atoms with van der Waals surface area (Å²) in [5.41, 5.74) is 0.530. The highest BCUT2D eigenvalue weighted by molar-refractivity contribution is 7.21. The number of halogens is 2. The lowest BCUT2D eigenvalue weighted by atomic mass is 10.1. The molecule has 0 bridgehead atoms. The molecule has 2 heterocycles. The van der Waals surface area contributed by atoms with Gasteiger partial charge in [-0.05, 0) is 30.3 Å². The van der Waals surface area contributed by atoms with Gasteiger partial charge in [0.05, 0.1) is 21.8 Å². The number of fused-ring (bicyclic) bond motifs is 2. The summed E-state index contributed by atoms with van der Waals surface area (Å²) in [6.45, 7) is 0. The van der Waals surface area contributed by atoms with Crippen LogP contribution in [0.4, 0.5) is 10.1 Å². The van der Waals surface area contributed by atoms with Crippen LogP contribution in [0.1, 0.15) is 30.4 Å². The lowest BCUT2D eigenvalue weighted by molar-refractivity contribution is 0.0879. The third kappa shape index (κ3) is 2.48. The molecule has 0 spiro atoms. The molecule has 0 aliphatic carbocycles. The quantitative estimate of drug-likeness (QED) is 0.669. The predicted octanol–water partition coefficient (Wildman–Crippen LogP) is 3.83. The lowest BCUT2D eigenvalue weighted by Gasteiger charge is -2.07. The monoisotopic (exact) mass is 374 g/mol. The second kappa shape index (κ2) is 5.65. The minimum atomic E-state index is -0.569. The van der Waals surface area contributed by atoms with Crippen molar-refractivity contribution in [3.8, 4) is 0 Å². The summed E-state index contributed by atoms with van der Waals surface area (Å²) in [5, 5.41) is 5.57. The Morgan fingerprint density at radius 3 is 2.76 bits per heavy atom. The summed E-state index contributed by atoms with van der Waals surface area (Å²) in [6.07, 6.45) is 0. The Hall–Kier alpha value is -2.77. The lowest BCUT2D eigenvalue weighted by Crippen LogP contribution is -2.20. The third-order valence-electron chi connectivity index (χ3n) is 3.81. The first-order chi connectivity index (χ1) is 12.0. The zero-order valence-corrected chi connectivity index (χ0v) is 13.9. The molecule has 0 saturated carbocycles. The van der Waals surface area contributed by atoms with E-state index in [1.165, 1.54) is 30.3 Å². The smallest absolute Gasteiger partial charge is 0.267 e. The molecule has 2 aromatic carbocycles. The fourth-order valence-corrected chi connectivity index (χ4v) is 4.12. The van der Waals surface area contributed by atoms with Crippen LogP contribution in [0.5, 0.6) is 0 Å². The van der Waals surface area contributed by atoms with Crippen LogP contribution in [0.15, 0.2) is 36.4 Å². The molecule has 3 amide bonds. The Morgan fingerprint density at radius 1 is 1.16 bits per heavy atom. The van der Waals surface area contributed by atoms with Crippen LogP contribution in [0.25, 0.3) is 10.1 Å². The van der Waals surface area contributed by atoms with E-state index in [4.69, 9.17) is 11.6 Å². The number of carbonyl (C=O) groups is 3. The van der Waals surface area contributed by atoms with Gasteiger partial charge in [0.1, 0.15) is 10.7 Å². The highest BCUT2D eigenvalue weighted by Crippen LogP contribution is 2.36. The van der Waals surface area contributed by atoms with Gasteiger partial charge >= 0.3 is 0 Å². The highest BCUT2D eigenvalue weighted by Gasteiger charge is 2.30. The molecule has 0 radical (unpaired) electrons. The number of carbonyl (C=O) groups excluding carboxylic acids is 3. The number of hydrogen-bond donors (Lipinski definition) is 2. The van der Waals surface area contributed by atoms with Crippen molar-refractivity contribution in [1.29, 1.82) is 0 Å². The molecule has 0 unspecified atom stereocenters. The summed E-state index contributed by atoms with van der Waals surface area (Å²) in [5.74, 6) is -2.03. The minimum Gasteiger partial charge on any atom is -0.320 e. The highest BCUT2D eigenvalue weighted by atomic mass is 35.5. The van der Waals surface area contributed by atoms with Gasteiger partial charge < -0.3 is 5.32 Å². The molecule has 1 aromatic heterocycles. The maximum absolute atomic E-state index is 13.3. The van der Waals surface area contributed by atoms with Crippen LogP contribution in [-0.4, -0.2) is 17.7 Å². The molecule has 25 heavy (non-hydrogen) atoms. The zero-order valence-electron chi connectivity index (χ0n) is 12.4. The molecular formula is C17H8ClFN2O3S. The van der Waals surface area contributed by atoms with Crippen molar-refractivity contribution < 1.29 is 18.8 Å². The van der Waals surface area contributed by atoms with Gasteiger partial charge in [0.25, 0.3) is 17.7 Å². The van der Waals surface area contributed by atoms with Crippen LogP contribution in [0, 0.1) is 5.82 Å². The van der Waals surface area contributed by atoms with Crippen molar-refractivity contribution in [1.82, 2.24) is 5.32 Å². The Bertz CT molecular complexity index is 1090. The first-order valence-electron chi connectivity index (χ1n) is 7.13. The van der Waals surface area contributed by atoms with E-state index in [-0.39, 0.29) is 26.7 Å². The number of imide groups is 1. The number of benzene rings is 2. The number of nitrogens with one attached hydrogen (secondary N) is 2. The Balaban J connectivity index is 1.74. The van der Waals surface area contributed by atoms with Crippen LogP contribution < -0.4 is 10.6 Å². The van der Waals surface area contributed by atoms with Gasteiger partial charge in [-0.25, -0.2) is 4.39 Å². The van der Waals surface area contributed by atoms with E-state index >= 15 is 0 Å². The molecule has 3 aromatic rings. The van der Waals surface area contributed by atoms with Crippen molar-refractivity contribution in [3.05, 3.63) is 63.2 Å². The van der Waals surface area contributed by atoms with Gasteiger partial charge in [0.2, 0.25) is 0 Å². The van der Waals surface area contributed by atoms with Crippen LogP contribution in [0.2, 0.25) is 5.02 Å². The Morgan fingerprint density at radius 2 is 1.96 bits per heavy atom. The van der Waals surface area contributed by atoms with Crippen molar-refractivity contribution in [2.45, 2.75) is 0 Å². The van der Waals surface area contributed by atoms with Crippen LogP contribution >= 0.6 is 22.9 Å². The Kier molecular flexibility index (Phi) is 3.55. The Labute approximate surface area is 149 Å². The average Bonchev–Trinajstić information content (AvgIpc) is 3.05. The summed E-state index contributed by atoms with van der Waals surface area (Å²) < 4.78 is 13.9. The zero-order chi connectivity index (χ0) is 17.7. The summed E-state index contributed by atoms with van der Waals surface area (Å²) in [7, 11) is 0. The topological polar surface area (TPSA) is 75.3 Å². The van der Waals surface area contributed by atoms with Gasteiger partial charge in [-0.15, -0.1) is 11.3 Å². The van der Waals surface area contributed by atoms with E-state index in [1.54, 1.807) is 6.07 Å². The molecule has 1 aliphatic heterocycles. The van der Waals surface area contributed by atoms with Crippen LogP contribution in [-0.2, 0) is 0 Å². The summed E-state index contributed by atoms with van der Waals surface area (Å²) in [6, 6.07) is 8.66. The molecule has 0 saturated heterocycles. The summed E-state index contributed by atoms with van der Waals surface area (Å²) >= 11 is 7.28. The normalized spacial score (nSPS) is 13.0. The minimum absolute atomic E-state index is 0.115. The SMILES string of the molecule is O=C1NC(=O)c2c(NC(=O)c3sc4cc(F)ccc4c3Cl)cccc21. The van der Waals surface area contributed by atoms with Gasteiger partial charge in [-0.1, -0.05) is 17.7 Å². The molecule has 5 nitrogen and oxygen atoms in total. The van der Waals surface area contributed by atoms with Crippen molar-refractivity contribution in [3.63, 3.8) is 0 Å². The molecule has 1 aliphatic rings. The standard InChI is InChI=1S/C17H8ClFN2O3S/c18-13-8-5-4-7(19)6-11(8)25-14(13)17(24)20-10-3-1-2-9-12(10)16(23)21-15(9)22/h1-6H,(H,20,24)(H,21,22,23). The third-order valence-corrected chi connectivity index (χ3v) is 5.47. The second-order valence-corrected chi connectivity index (χ2v) is 6.78. The molecule has 124 valence electrons. The van der Waals surface area contributed by atoms with E-state index in [0.717, 1.165) is 11.3 Å². The van der Waals surface area contributed by atoms with Crippen molar-refractivity contribution in [2.24, 2.45) is 0 Å². The van der Waals surface area contributed by atoms with Crippen LogP contribution in [0.3, 0.4) is 0 Å². The van der Waals surface area contributed by atoms with E-state index in [9.17, 15) is 18.8 Å². The first-order valence-corrected chi connectivity index (χ1v) is 8.33. The van der Waals surface area contributed by atoms with E-state index < -0.39 is 23.5 Å². The van der Waals surface area contributed by atoms with Gasteiger partial charge in [-0.2, -0.15) is 0 Å². The molecular weight excluding hydrogens is 367 g/mol. The molecule has 0 atom stereocenters. The maximum atomic E-state index is 13.3. The number of rotatable bonds is 2. The van der Waals surface area contributed by atoms with Gasteiger partial charge in [0.15, 0.2) is 0 Å². The fourth-order valence-electron chi connectivity index (χ4n) is 2.69. The number of hydrogen-bond acceptors (Lipinski definition) is 4. The fraction of sp³-hybridized carbons (Fsp3) is 0. The summed E-state index contributed by atoms with van der Waals surface area (Å²) in [4.78, 5) is 36.4. The average molecular weight is 375 g/mol. The molecule has 2 N–H and O–H groups in total. The predicted molar refractivity (Wildman–Crippen MR) is 93.0 cm³/mol. The number of amides is 3. The largest absolute Gasteiger partial charge is 0.320 e. The molecule has 0 fully saturated rings. The maximum Gasteiger partial charge on any atom is 0.267 e. The van der Waals surface area contributed by atoms with E-state index in [2.05, 4.69) is 10.6 Å². The molecule has 4 rings (SSSR count). The number of thiophene rings is 1.